The van der Waals surface area contributed by atoms with Crippen molar-refractivity contribution < 1.29 is 0 Å². The van der Waals surface area contributed by atoms with E-state index in [1.807, 2.05) is 0 Å². The van der Waals surface area contributed by atoms with E-state index in [0.29, 0.717) is 6.04 Å². The lowest BCUT2D eigenvalue weighted by Crippen LogP contribution is -2.58. The lowest BCUT2D eigenvalue weighted by Gasteiger charge is -2.45. The molecule has 0 saturated carbocycles. The van der Waals surface area contributed by atoms with Gasteiger partial charge in [0.15, 0.2) is 0 Å². The molecule has 2 heteroatoms. The average molecular weight is 244 g/mol. The van der Waals surface area contributed by atoms with Crippen molar-refractivity contribution >= 4 is 0 Å². The number of benzene rings is 1. The Kier molecular flexibility index (Phi) is 3.40. The van der Waals surface area contributed by atoms with E-state index in [-0.39, 0.29) is 0 Å². The van der Waals surface area contributed by atoms with Gasteiger partial charge in [0.25, 0.3) is 0 Å². The minimum Gasteiger partial charge on any atom is -0.314 e. The molecule has 0 bridgehead atoms. The summed E-state index contributed by atoms with van der Waals surface area (Å²) in [6.45, 7) is 8.18. The van der Waals surface area contributed by atoms with Crippen LogP contribution in [0, 0.1) is 0 Å². The zero-order chi connectivity index (χ0) is 12.5. The molecular formula is C16H24N2. The van der Waals surface area contributed by atoms with Crippen LogP contribution in [0.2, 0.25) is 0 Å². The second kappa shape index (κ2) is 5.02. The van der Waals surface area contributed by atoms with Gasteiger partial charge in [0.1, 0.15) is 0 Å². The summed E-state index contributed by atoms with van der Waals surface area (Å²) in [6, 6.07) is 10.5. The van der Waals surface area contributed by atoms with E-state index in [1.165, 1.54) is 32.5 Å². The van der Waals surface area contributed by atoms with E-state index in [0.717, 1.165) is 12.0 Å². The summed E-state index contributed by atoms with van der Waals surface area (Å²) in [5, 5.41) is 3.41. The molecule has 1 heterocycles. The van der Waals surface area contributed by atoms with Crippen LogP contribution >= 0.6 is 0 Å². The molecule has 1 aliphatic heterocycles. The van der Waals surface area contributed by atoms with Crippen LogP contribution in [0.25, 0.3) is 0 Å². The first kappa shape index (κ1) is 12.2. The van der Waals surface area contributed by atoms with E-state index in [9.17, 15) is 0 Å². The summed E-state index contributed by atoms with van der Waals surface area (Å²) in [7, 11) is 0. The molecule has 1 aliphatic carbocycles. The first-order chi connectivity index (χ1) is 8.81. The second-order valence-corrected chi connectivity index (χ2v) is 5.77. The Balaban J connectivity index is 1.90. The third-order valence-corrected chi connectivity index (χ3v) is 4.75. The molecule has 2 atom stereocenters. The van der Waals surface area contributed by atoms with Crippen molar-refractivity contribution in [2.24, 2.45) is 0 Å². The van der Waals surface area contributed by atoms with Crippen LogP contribution < -0.4 is 5.32 Å². The van der Waals surface area contributed by atoms with Crippen LogP contribution in [0.5, 0.6) is 0 Å². The number of hydrogen-bond donors (Lipinski definition) is 1. The zero-order valence-corrected chi connectivity index (χ0v) is 11.5. The van der Waals surface area contributed by atoms with Gasteiger partial charge in [0.05, 0.1) is 0 Å². The van der Waals surface area contributed by atoms with Crippen molar-refractivity contribution in [1.29, 1.82) is 0 Å². The molecule has 1 N–H and O–H groups in total. The molecule has 1 saturated heterocycles. The quantitative estimate of drug-likeness (QED) is 0.879. The number of fused-ring (bicyclic) bond motifs is 1. The zero-order valence-electron chi connectivity index (χ0n) is 11.5. The van der Waals surface area contributed by atoms with Crippen molar-refractivity contribution in [3.63, 3.8) is 0 Å². The van der Waals surface area contributed by atoms with Crippen molar-refractivity contribution in [2.75, 3.05) is 19.6 Å². The van der Waals surface area contributed by atoms with Gasteiger partial charge in [0.2, 0.25) is 0 Å². The molecule has 1 aromatic rings. The molecule has 0 spiro atoms. The highest BCUT2D eigenvalue weighted by Gasteiger charge is 2.33. The van der Waals surface area contributed by atoms with E-state index >= 15 is 0 Å². The number of nitrogens with zero attached hydrogens (tertiary/aromatic N) is 1. The summed E-state index contributed by atoms with van der Waals surface area (Å²) in [4.78, 5) is 2.71. The van der Waals surface area contributed by atoms with Gasteiger partial charge >= 0.3 is 0 Å². The van der Waals surface area contributed by atoms with Crippen LogP contribution in [-0.2, 0) is 0 Å². The molecule has 2 unspecified atom stereocenters. The Morgan fingerprint density at radius 1 is 1.17 bits per heavy atom. The number of hydrogen-bond acceptors (Lipinski definition) is 2. The lowest BCUT2D eigenvalue weighted by atomic mass is 9.80. The van der Waals surface area contributed by atoms with E-state index < -0.39 is 0 Å². The van der Waals surface area contributed by atoms with Crippen LogP contribution in [0.3, 0.4) is 0 Å². The lowest BCUT2D eigenvalue weighted by molar-refractivity contribution is 0.0887. The molecule has 2 aliphatic rings. The first-order valence-electron chi connectivity index (χ1n) is 7.36. The largest absolute Gasteiger partial charge is 0.314 e. The first-order valence-corrected chi connectivity index (χ1v) is 7.36. The minimum atomic E-state index is 0.648. The van der Waals surface area contributed by atoms with Gasteiger partial charge in [-0.05, 0) is 36.4 Å². The van der Waals surface area contributed by atoms with Gasteiger partial charge in [0, 0.05) is 25.2 Å². The Labute approximate surface area is 110 Å². The van der Waals surface area contributed by atoms with Crippen molar-refractivity contribution in [1.82, 2.24) is 10.2 Å². The number of nitrogens with one attached hydrogen (secondary N) is 1. The monoisotopic (exact) mass is 244 g/mol. The molecule has 98 valence electrons. The van der Waals surface area contributed by atoms with Crippen molar-refractivity contribution in [3.05, 3.63) is 35.4 Å². The van der Waals surface area contributed by atoms with E-state index in [1.54, 1.807) is 11.1 Å². The van der Waals surface area contributed by atoms with Gasteiger partial charge in [-0.3, -0.25) is 4.90 Å². The molecular weight excluding hydrogens is 220 g/mol. The summed E-state index contributed by atoms with van der Waals surface area (Å²) in [5.41, 5.74) is 3.17. The summed E-state index contributed by atoms with van der Waals surface area (Å²) in [5.74, 6) is 0.732. The van der Waals surface area contributed by atoms with Crippen molar-refractivity contribution in [2.45, 2.75) is 44.7 Å². The Morgan fingerprint density at radius 3 is 2.50 bits per heavy atom. The number of rotatable bonds is 3. The molecule has 0 amide bonds. The highest BCUT2D eigenvalue weighted by Crippen LogP contribution is 2.41. The van der Waals surface area contributed by atoms with E-state index in [4.69, 9.17) is 0 Å². The molecule has 3 rings (SSSR count). The standard InChI is InChI=1S/C16H24N2/c1-3-18(13-10-17-11-13)16-9-8-12(2)14-6-4-5-7-15(14)16/h4-7,12-13,16-17H,3,8-11H2,1-2H3. The third-order valence-electron chi connectivity index (χ3n) is 4.75. The fraction of sp³-hybridized carbons (Fsp3) is 0.625. The Bertz CT molecular complexity index is 411. The summed E-state index contributed by atoms with van der Waals surface area (Å²) < 4.78 is 0. The maximum atomic E-state index is 3.41. The maximum Gasteiger partial charge on any atom is 0.0355 e. The van der Waals surface area contributed by atoms with Crippen LogP contribution in [0.15, 0.2) is 24.3 Å². The van der Waals surface area contributed by atoms with Gasteiger partial charge in [-0.1, -0.05) is 38.1 Å². The summed E-state index contributed by atoms with van der Waals surface area (Å²) in [6.07, 6.45) is 2.65. The highest BCUT2D eigenvalue weighted by atomic mass is 15.3. The number of likely N-dealkylation sites (N-methyl/N-ethyl adjacent to an activating group) is 1. The smallest absolute Gasteiger partial charge is 0.0355 e. The van der Waals surface area contributed by atoms with Crippen LogP contribution in [0.4, 0.5) is 0 Å². The SMILES string of the molecule is CCN(C1CNC1)C1CCC(C)c2ccccc21. The molecule has 0 radical (unpaired) electrons. The normalized spacial score (nSPS) is 27.9. The minimum absolute atomic E-state index is 0.648. The predicted molar refractivity (Wildman–Crippen MR) is 75.9 cm³/mol. The van der Waals surface area contributed by atoms with Crippen molar-refractivity contribution in [3.8, 4) is 0 Å². The van der Waals surface area contributed by atoms with Gasteiger partial charge in [-0.2, -0.15) is 0 Å². The Morgan fingerprint density at radius 2 is 1.89 bits per heavy atom. The molecule has 18 heavy (non-hydrogen) atoms. The Hall–Kier alpha value is -0.860. The van der Waals surface area contributed by atoms with Gasteiger partial charge < -0.3 is 5.32 Å². The topological polar surface area (TPSA) is 15.3 Å². The molecule has 1 fully saturated rings. The van der Waals surface area contributed by atoms with E-state index in [2.05, 4.69) is 48.3 Å². The average Bonchev–Trinajstić information content (AvgIpc) is 2.35. The molecule has 0 aromatic heterocycles. The maximum absolute atomic E-state index is 3.41. The summed E-state index contributed by atoms with van der Waals surface area (Å²) >= 11 is 0. The fourth-order valence-electron chi connectivity index (χ4n) is 3.57. The molecule has 2 nitrogen and oxygen atoms in total. The second-order valence-electron chi connectivity index (χ2n) is 5.77. The highest BCUT2D eigenvalue weighted by molar-refractivity contribution is 5.35. The van der Waals surface area contributed by atoms with Gasteiger partial charge in [-0.25, -0.2) is 0 Å². The molecule has 1 aromatic carbocycles. The fourth-order valence-corrected chi connectivity index (χ4v) is 3.57. The van der Waals surface area contributed by atoms with Crippen LogP contribution in [-0.4, -0.2) is 30.6 Å². The predicted octanol–water partition coefficient (Wildman–Crippen LogP) is 2.92. The third kappa shape index (κ3) is 1.98. The van der Waals surface area contributed by atoms with Gasteiger partial charge in [-0.15, -0.1) is 0 Å². The van der Waals surface area contributed by atoms with Crippen LogP contribution in [0.1, 0.15) is 49.8 Å².